The number of carbonyl (C=O) groups is 1. The summed E-state index contributed by atoms with van der Waals surface area (Å²) in [6.07, 6.45) is 0.524. The van der Waals surface area contributed by atoms with Gasteiger partial charge in [0.05, 0.1) is 17.7 Å². The zero-order valence-electron chi connectivity index (χ0n) is 17.4. The Bertz CT molecular complexity index is 1260. The van der Waals surface area contributed by atoms with Crippen molar-refractivity contribution in [1.29, 1.82) is 0 Å². The second-order valence-corrected chi connectivity index (χ2v) is 7.33. The first kappa shape index (κ1) is 21.5. The fourth-order valence-corrected chi connectivity index (χ4v) is 3.43. The normalized spacial score (nSPS) is 11.0. The molecular weight excluding hydrogens is 414 g/mol. The lowest BCUT2D eigenvalue weighted by Crippen LogP contribution is -2.15. The molecule has 0 radical (unpaired) electrons. The number of amides is 1. The fraction of sp³-hybridized carbons (Fsp3) is 0.167. The van der Waals surface area contributed by atoms with Crippen molar-refractivity contribution in [2.45, 2.75) is 6.42 Å². The first-order valence-corrected chi connectivity index (χ1v) is 10.1. The third-order valence-corrected chi connectivity index (χ3v) is 5.00. The van der Waals surface area contributed by atoms with Crippen molar-refractivity contribution in [2.75, 3.05) is 30.9 Å². The predicted octanol–water partition coefficient (Wildman–Crippen LogP) is 4.74. The van der Waals surface area contributed by atoms with E-state index in [2.05, 4.69) is 20.8 Å². The van der Waals surface area contributed by atoms with Crippen molar-refractivity contribution in [3.63, 3.8) is 0 Å². The maximum absolute atomic E-state index is 14.3. The average Bonchev–Trinajstić information content (AvgIpc) is 3.17. The van der Waals surface area contributed by atoms with E-state index in [-0.39, 0.29) is 11.4 Å². The smallest absolute Gasteiger partial charge is 0.259 e. The van der Waals surface area contributed by atoms with Crippen LogP contribution >= 0.6 is 0 Å². The van der Waals surface area contributed by atoms with Crippen LogP contribution < -0.4 is 10.6 Å². The number of fused-ring (bicyclic) bond motifs is 1. The van der Waals surface area contributed by atoms with Crippen LogP contribution in [-0.4, -0.2) is 36.4 Å². The number of rotatable bonds is 8. The topological polar surface area (TPSA) is 79.0 Å². The first-order chi connectivity index (χ1) is 15.5. The van der Waals surface area contributed by atoms with E-state index < -0.39 is 11.7 Å². The number of nitrogens with one attached hydrogen (secondary N) is 3. The molecule has 3 N–H and O–H groups in total. The molecule has 0 aliphatic heterocycles. The Morgan fingerprint density at radius 2 is 1.91 bits per heavy atom. The minimum absolute atomic E-state index is 0.0977. The van der Waals surface area contributed by atoms with Gasteiger partial charge < -0.3 is 15.4 Å². The highest BCUT2D eigenvalue weighted by Gasteiger charge is 2.16. The SMILES string of the molecule is COCCNc1ccc(F)c(C(=O)Nc2n[nH]c3ccc(Cc4cccc(F)c4)cc23)c1. The van der Waals surface area contributed by atoms with Crippen molar-refractivity contribution >= 4 is 28.3 Å². The predicted molar refractivity (Wildman–Crippen MR) is 120 cm³/mol. The molecule has 0 unspecified atom stereocenters. The number of nitrogens with zero attached hydrogens (tertiary/aromatic N) is 1. The highest BCUT2D eigenvalue weighted by Crippen LogP contribution is 2.24. The quantitative estimate of drug-likeness (QED) is 0.349. The third kappa shape index (κ3) is 4.92. The van der Waals surface area contributed by atoms with Gasteiger partial charge in [0.15, 0.2) is 5.82 Å². The summed E-state index contributed by atoms with van der Waals surface area (Å²) in [6, 6.07) is 16.3. The molecule has 0 aliphatic rings. The van der Waals surface area contributed by atoms with Gasteiger partial charge in [0.1, 0.15) is 11.6 Å². The van der Waals surface area contributed by atoms with E-state index in [1.54, 1.807) is 19.2 Å². The van der Waals surface area contributed by atoms with E-state index in [1.165, 1.54) is 24.3 Å². The third-order valence-electron chi connectivity index (χ3n) is 5.00. The van der Waals surface area contributed by atoms with E-state index in [4.69, 9.17) is 4.74 Å². The largest absolute Gasteiger partial charge is 0.383 e. The molecule has 32 heavy (non-hydrogen) atoms. The summed E-state index contributed by atoms with van der Waals surface area (Å²) < 4.78 is 32.8. The molecule has 0 saturated carbocycles. The van der Waals surface area contributed by atoms with Crippen LogP contribution in [0.15, 0.2) is 60.7 Å². The van der Waals surface area contributed by atoms with E-state index >= 15 is 0 Å². The number of hydrogen-bond donors (Lipinski definition) is 3. The molecule has 0 atom stereocenters. The van der Waals surface area contributed by atoms with Gasteiger partial charge in [-0.25, -0.2) is 8.78 Å². The summed E-state index contributed by atoms with van der Waals surface area (Å²) >= 11 is 0. The van der Waals surface area contributed by atoms with Gasteiger partial charge in [0, 0.05) is 24.7 Å². The van der Waals surface area contributed by atoms with Crippen LogP contribution in [-0.2, 0) is 11.2 Å². The van der Waals surface area contributed by atoms with Gasteiger partial charge >= 0.3 is 0 Å². The molecular formula is C24H22F2N4O2. The van der Waals surface area contributed by atoms with Crippen LogP contribution in [0.4, 0.5) is 20.3 Å². The van der Waals surface area contributed by atoms with Gasteiger partial charge in [-0.05, 0) is 60.0 Å². The number of methoxy groups -OCH3 is 1. The maximum Gasteiger partial charge on any atom is 0.259 e. The molecule has 1 amide bonds. The molecule has 0 fully saturated rings. The number of H-pyrrole nitrogens is 1. The monoisotopic (exact) mass is 436 g/mol. The number of halogens is 2. The lowest BCUT2D eigenvalue weighted by Gasteiger charge is -2.09. The summed E-state index contributed by atoms with van der Waals surface area (Å²) in [7, 11) is 1.59. The molecule has 3 aromatic carbocycles. The highest BCUT2D eigenvalue weighted by molar-refractivity contribution is 6.08. The maximum atomic E-state index is 14.3. The van der Waals surface area contributed by atoms with Crippen LogP contribution in [0.5, 0.6) is 0 Å². The lowest BCUT2D eigenvalue weighted by atomic mass is 10.0. The zero-order valence-corrected chi connectivity index (χ0v) is 17.4. The molecule has 164 valence electrons. The summed E-state index contributed by atoms with van der Waals surface area (Å²) in [5.74, 6) is -1.24. The molecule has 1 heterocycles. The Kier molecular flexibility index (Phi) is 6.42. The van der Waals surface area contributed by atoms with Crippen molar-refractivity contribution < 1.29 is 18.3 Å². The van der Waals surface area contributed by atoms with Crippen molar-refractivity contribution in [2.24, 2.45) is 0 Å². The Morgan fingerprint density at radius 1 is 1.06 bits per heavy atom. The fourth-order valence-electron chi connectivity index (χ4n) is 3.43. The summed E-state index contributed by atoms with van der Waals surface area (Å²) in [4.78, 5) is 12.8. The molecule has 4 rings (SSSR count). The van der Waals surface area contributed by atoms with Crippen LogP contribution in [0.2, 0.25) is 0 Å². The number of aromatic nitrogens is 2. The average molecular weight is 436 g/mol. The lowest BCUT2D eigenvalue weighted by molar-refractivity contribution is 0.102. The first-order valence-electron chi connectivity index (χ1n) is 10.1. The second kappa shape index (κ2) is 9.57. The molecule has 0 spiro atoms. The van der Waals surface area contributed by atoms with E-state index in [9.17, 15) is 13.6 Å². The van der Waals surface area contributed by atoms with Gasteiger partial charge in [-0.1, -0.05) is 18.2 Å². The molecule has 1 aromatic heterocycles. The number of benzene rings is 3. The van der Waals surface area contributed by atoms with Crippen molar-refractivity contribution in [1.82, 2.24) is 10.2 Å². The van der Waals surface area contributed by atoms with Crippen molar-refractivity contribution in [3.8, 4) is 0 Å². The molecule has 8 heteroatoms. The minimum atomic E-state index is -0.633. The van der Waals surface area contributed by atoms with Gasteiger partial charge in [0.2, 0.25) is 0 Å². The van der Waals surface area contributed by atoms with Crippen LogP contribution in [0.25, 0.3) is 10.9 Å². The number of carbonyl (C=O) groups excluding carboxylic acids is 1. The second-order valence-electron chi connectivity index (χ2n) is 7.33. The number of hydrogen-bond acceptors (Lipinski definition) is 4. The van der Waals surface area contributed by atoms with E-state index in [0.29, 0.717) is 36.5 Å². The minimum Gasteiger partial charge on any atom is -0.383 e. The van der Waals surface area contributed by atoms with Gasteiger partial charge in [-0.2, -0.15) is 5.10 Å². The Balaban J connectivity index is 1.55. The number of anilines is 2. The molecule has 0 aliphatic carbocycles. The van der Waals surface area contributed by atoms with Crippen LogP contribution in [0.1, 0.15) is 21.5 Å². The van der Waals surface area contributed by atoms with Gasteiger partial charge in [0.25, 0.3) is 5.91 Å². The van der Waals surface area contributed by atoms with Gasteiger partial charge in [-0.3, -0.25) is 9.89 Å². The summed E-state index contributed by atoms with van der Waals surface area (Å²) in [5.41, 5.74) is 2.99. The van der Waals surface area contributed by atoms with Gasteiger partial charge in [-0.15, -0.1) is 0 Å². The number of ether oxygens (including phenoxy) is 1. The molecule has 6 nitrogen and oxygen atoms in total. The van der Waals surface area contributed by atoms with E-state index in [0.717, 1.165) is 16.6 Å². The molecule has 0 saturated heterocycles. The van der Waals surface area contributed by atoms with Crippen LogP contribution in [0.3, 0.4) is 0 Å². The zero-order chi connectivity index (χ0) is 22.5. The number of aromatic amines is 1. The standard InChI is InChI=1S/C24H22F2N4O2/c1-32-10-9-27-18-6-7-21(26)19(14-18)24(31)28-23-20-13-16(5-8-22(20)29-30-23)11-15-3-2-4-17(25)12-15/h2-8,12-14,27H,9-11H2,1H3,(H2,28,29,30,31). The summed E-state index contributed by atoms with van der Waals surface area (Å²) in [6.45, 7) is 1.01. The molecule has 4 aromatic rings. The summed E-state index contributed by atoms with van der Waals surface area (Å²) in [5, 5.41) is 13.5. The van der Waals surface area contributed by atoms with Crippen LogP contribution in [0, 0.1) is 11.6 Å². The van der Waals surface area contributed by atoms with E-state index in [1.807, 2.05) is 24.3 Å². The Labute approximate surface area is 183 Å². The Hall–Kier alpha value is -3.78. The highest BCUT2D eigenvalue weighted by atomic mass is 19.1. The Morgan fingerprint density at radius 3 is 2.72 bits per heavy atom. The molecule has 0 bridgehead atoms. The van der Waals surface area contributed by atoms with Crippen molar-refractivity contribution in [3.05, 3.63) is 89.0 Å².